The molecule has 10 rings (SSSR count). The normalized spacial score (nSPS) is 11.7. The number of fused-ring (bicyclic) bond motifs is 7. The standard InChI is InChI=1S/C46H29N3/c1-3-11-30(12-4-1)36-22-25-42-40(28-36)41-29-37(35-20-19-31-13-7-8-17-34(31)27-35)23-26-43(41)49(42)46-47-44(33-15-5-2-6-16-33)39-24-21-32-14-9-10-18-38(32)45(39)48-46/h1-29H. The third-order valence-electron chi connectivity index (χ3n) is 9.78. The number of nitrogens with zero attached hydrogens (tertiary/aromatic N) is 3. The molecule has 0 bridgehead atoms. The molecule has 0 aliphatic heterocycles. The van der Waals surface area contributed by atoms with Crippen LogP contribution in [0.1, 0.15) is 0 Å². The van der Waals surface area contributed by atoms with Crippen molar-refractivity contribution in [2.24, 2.45) is 0 Å². The van der Waals surface area contributed by atoms with Gasteiger partial charge < -0.3 is 0 Å². The van der Waals surface area contributed by atoms with Crippen molar-refractivity contribution in [3.8, 4) is 39.5 Å². The topological polar surface area (TPSA) is 30.7 Å². The summed E-state index contributed by atoms with van der Waals surface area (Å²) in [5.41, 5.74) is 9.83. The van der Waals surface area contributed by atoms with Crippen molar-refractivity contribution in [3.63, 3.8) is 0 Å². The van der Waals surface area contributed by atoms with E-state index in [4.69, 9.17) is 9.97 Å². The Morgan fingerprint density at radius 1 is 0.327 bits per heavy atom. The molecule has 0 saturated heterocycles. The van der Waals surface area contributed by atoms with Crippen LogP contribution < -0.4 is 0 Å². The first-order valence-corrected chi connectivity index (χ1v) is 16.7. The van der Waals surface area contributed by atoms with E-state index in [1.165, 1.54) is 43.8 Å². The van der Waals surface area contributed by atoms with Gasteiger partial charge in [0.1, 0.15) is 0 Å². The van der Waals surface area contributed by atoms with Crippen LogP contribution in [0.2, 0.25) is 0 Å². The lowest BCUT2D eigenvalue weighted by Gasteiger charge is -2.13. The molecular formula is C46H29N3. The minimum absolute atomic E-state index is 0.661. The molecule has 0 aliphatic carbocycles. The van der Waals surface area contributed by atoms with Crippen LogP contribution >= 0.6 is 0 Å². The maximum atomic E-state index is 5.38. The highest BCUT2D eigenvalue weighted by atomic mass is 15.2. The van der Waals surface area contributed by atoms with Crippen molar-refractivity contribution in [3.05, 3.63) is 176 Å². The molecule has 0 unspecified atom stereocenters. The second-order valence-electron chi connectivity index (χ2n) is 12.6. The van der Waals surface area contributed by atoms with E-state index >= 15 is 0 Å². The maximum absolute atomic E-state index is 5.38. The van der Waals surface area contributed by atoms with E-state index in [9.17, 15) is 0 Å². The molecule has 0 spiro atoms. The summed E-state index contributed by atoms with van der Waals surface area (Å²) >= 11 is 0. The first-order valence-electron chi connectivity index (χ1n) is 16.7. The Hall–Kier alpha value is -6.58. The number of benzene rings is 8. The number of aromatic nitrogens is 3. The second-order valence-corrected chi connectivity index (χ2v) is 12.6. The number of hydrogen-bond acceptors (Lipinski definition) is 2. The fraction of sp³-hybridized carbons (Fsp3) is 0. The van der Waals surface area contributed by atoms with E-state index in [1.807, 2.05) is 6.07 Å². The molecule has 49 heavy (non-hydrogen) atoms. The van der Waals surface area contributed by atoms with Crippen LogP contribution in [0.5, 0.6) is 0 Å². The largest absolute Gasteiger partial charge is 0.278 e. The van der Waals surface area contributed by atoms with Gasteiger partial charge in [-0.05, 0) is 74.8 Å². The Balaban J connectivity index is 1.28. The molecular weight excluding hydrogens is 595 g/mol. The Labute approximate surface area is 283 Å². The first-order chi connectivity index (χ1) is 24.3. The van der Waals surface area contributed by atoms with Gasteiger partial charge in [0.2, 0.25) is 5.95 Å². The van der Waals surface area contributed by atoms with E-state index in [-0.39, 0.29) is 0 Å². The predicted molar refractivity (Wildman–Crippen MR) is 205 cm³/mol. The monoisotopic (exact) mass is 623 g/mol. The Morgan fingerprint density at radius 2 is 0.878 bits per heavy atom. The molecule has 0 atom stereocenters. The highest BCUT2D eigenvalue weighted by Crippen LogP contribution is 2.39. The van der Waals surface area contributed by atoms with Gasteiger partial charge in [-0.3, -0.25) is 4.57 Å². The van der Waals surface area contributed by atoms with Gasteiger partial charge in [0, 0.05) is 27.1 Å². The third kappa shape index (κ3) is 4.51. The molecule has 3 nitrogen and oxygen atoms in total. The molecule has 0 radical (unpaired) electrons. The van der Waals surface area contributed by atoms with Crippen LogP contribution in [0.4, 0.5) is 0 Å². The molecule has 0 aliphatic rings. The fourth-order valence-corrected chi connectivity index (χ4v) is 7.37. The van der Waals surface area contributed by atoms with Crippen molar-refractivity contribution in [2.45, 2.75) is 0 Å². The average molecular weight is 624 g/mol. The average Bonchev–Trinajstić information content (AvgIpc) is 3.51. The first kappa shape index (κ1) is 27.5. The summed E-state index contributed by atoms with van der Waals surface area (Å²) in [5.74, 6) is 0.661. The van der Waals surface area contributed by atoms with Crippen molar-refractivity contribution in [1.29, 1.82) is 0 Å². The molecule has 10 aromatic rings. The second kappa shape index (κ2) is 11.0. The molecule has 2 aromatic heterocycles. The molecule has 3 heteroatoms. The highest BCUT2D eigenvalue weighted by Gasteiger charge is 2.19. The third-order valence-corrected chi connectivity index (χ3v) is 9.78. The zero-order valence-corrected chi connectivity index (χ0v) is 26.6. The SMILES string of the molecule is c1ccc(-c2ccc3c(c2)c2cc(-c4ccc5ccccc5c4)ccc2n3-c2nc(-c3ccccc3)c3ccc4ccccc4c3n2)cc1. The lowest BCUT2D eigenvalue weighted by molar-refractivity contribution is 1.02. The quantitative estimate of drug-likeness (QED) is 0.183. The van der Waals surface area contributed by atoms with Gasteiger partial charge in [-0.25, -0.2) is 9.97 Å². The van der Waals surface area contributed by atoms with Crippen LogP contribution in [0.15, 0.2) is 176 Å². The van der Waals surface area contributed by atoms with Crippen LogP contribution in [-0.2, 0) is 0 Å². The summed E-state index contributed by atoms with van der Waals surface area (Å²) in [6.07, 6.45) is 0. The minimum atomic E-state index is 0.661. The van der Waals surface area contributed by atoms with Crippen LogP contribution in [0.25, 0.3) is 93.7 Å². The van der Waals surface area contributed by atoms with Crippen LogP contribution in [0, 0.1) is 0 Å². The Kier molecular flexibility index (Phi) is 6.18. The van der Waals surface area contributed by atoms with Crippen molar-refractivity contribution < 1.29 is 0 Å². The predicted octanol–water partition coefficient (Wildman–Crippen LogP) is 12.0. The molecule has 2 heterocycles. The summed E-state index contributed by atoms with van der Waals surface area (Å²) < 4.78 is 2.25. The zero-order chi connectivity index (χ0) is 32.3. The maximum Gasteiger partial charge on any atom is 0.235 e. The molecule has 0 fully saturated rings. The fourth-order valence-electron chi connectivity index (χ4n) is 7.37. The van der Waals surface area contributed by atoms with Crippen molar-refractivity contribution in [2.75, 3.05) is 0 Å². The Morgan fingerprint density at radius 3 is 1.61 bits per heavy atom. The lowest BCUT2D eigenvalue weighted by atomic mass is 9.98. The molecule has 228 valence electrons. The lowest BCUT2D eigenvalue weighted by Crippen LogP contribution is -2.03. The van der Waals surface area contributed by atoms with Crippen LogP contribution in [0.3, 0.4) is 0 Å². The summed E-state index contributed by atoms with van der Waals surface area (Å²) in [7, 11) is 0. The van der Waals surface area contributed by atoms with Crippen molar-refractivity contribution in [1.82, 2.24) is 14.5 Å². The number of hydrogen-bond donors (Lipinski definition) is 0. The van der Waals surface area contributed by atoms with E-state index in [0.29, 0.717) is 5.95 Å². The van der Waals surface area contributed by atoms with Gasteiger partial charge in [0.15, 0.2) is 0 Å². The summed E-state index contributed by atoms with van der Waals surface area (Å²) in [6.45, 7) is 0. The molecule has 0 amide bonds. The van der Waals surface area contributed by atoms with Crippen LogP contribution in [-0.4, -0.2) is 14.5 Å². The van der Waals surface area contributed by atoms with Gasteiger partial charge in [-0.2, -0.15) is 0 Å². The highest BCUT2D eigenvalue weighted by molar-refractivity contribution is 6.13. The van der Waals surface area contributed by atoms with E-state index in [0.717, 1.165) is 44.0 Å². The number of rotatable bonds is 4. The molecule has 0 N–H and O–H groups in total. The van der Waals surface area contributed by atoms with Crippen molar-refractivity contribution >= 4 is 54.3 Å². The van der Waals surface area contributed by atoms with E-state index in [1.54, 1.807) is 0 Å². The van der Waals surface area contributed by atoms with Gasteiger partial charge in [-0.15, -0.1) is 0 Å². The zero-order valence-electron chi connectivity index (χ0n) is 26.6. The van der Waals surface area contributed by atoms with Gasteiger partial charge in [0.25, 0.3) is 0 Å². The summed E-state index contributed by atoms with van der Waals surface area (Å²) in [4.78, 5) is 10.7. The molecule has 8 aromatic carbocycles. The smallest absolute Gasteiger partial charge is 0.235 e. The summed E-state index contributed by atoms with van der Waals surface area (Å²) in [6, 6.07) is 62.7. The Bertz CT molecular complexity index is 2870. The van der Waals surface area contributed by atoms with E-state index < -0.39 is 0 Å². The van der Waals surface area contributed by atoms with E-state index in [2.05, 4.69) is 174 Å². The van der Waals surface area contributed by atoms with Gasteiger partial charge >= 0.3 is 0 Å². The molecule has 0 saturated carbocycles. The van der Waals surface area contributed by atoms with Gasteiger partial charge in [0.05, 0.1) is 22.2 Å². The van der Waals surface area contributed by atoms with Gasteiger partial charge in [-0.1, -0.05) is 140 Å². The summed E-state index contributed by atoms with van der Waals surface area (Å²) in [5, 5.41) is 8.13. The minimum Gasteiger partial charge on any atom is -0.278 e.